The van der Waals surface area contributed by atoms with Crippen LogP contribution in [0.3, 0.4) is 0 Å². The van der Waals surface area contributed by atoms with E-state index in [0.29, 0.717) is 41.5 Å². The van der Waals surface area contributed by atoms with E-state index in [2.05, 4.69) is 10.3 Å². The van der Waals surface area contributed by atoms with Gasteiger partial charge in [-0.15, -0.1) is 0 Å². The maximum absolute atomic E-state index is 12.8. The predicted octanol–water partition coefficient (Wildman–Crippen LogP) is 2.69. The van der Waals surface area contributed by atoms with E-state index in [0.717, 1.165) is 12.2 Å². The van der Waals surface area contributed by atoms with Crippen molar-refractivity contribution in [2.75, 3.05) is 13.1 Å². The maximum Gasteiger partial charge on any atom is 0.254 e. The second-order valence-corrected chi connectivity index (χ2v) is 7.18. The monoisotopic (exact) mass is 394 g/mol. The Hall–Kier alpha value is -2.05. The Morgan fingerprint density at radius 1 is 1.27 bits per heavy atom. The fourth-order valence-electron chi connectivity index (χ4n) is 3.18. The lowest BCUT2D eigenvalue weighted by Gasteiger charge is -2.24. The van der Waals surface area contributed by atoms with Crippen LogP contribution in [0.15, 0.2) is 30.6 Å². The van der Waals surface area contributed by atoms with E-state index in [1.54, 1.807) is 29.3 Å². The van der Waals surface area contributed by atoms with E-state index in [4.69, 9.17) is 23.2 Å². The van der Waals surface area contributed by atoms with Crippen LogP contribution in [0.1, 0.15) is 29.0 Å². The molecule has 138 valence electrons. The molecular weight excluding hydrogens is 375 g/mol. The predicted molar refractivity (Wildman–Crippen MR) is 100 cm³/mol. The number of imidazole rings is 1. The summed E-state index contributed by atoms with van der Waals surface area (Å²) in [6.07, 6.45) is 5.67. The molecule has 0 spiro atoms. The van der Waals surface area contributed by atoms with Crippen LogP contribution in [0.25, 0.3) is 0 Å². The molecule has 6 nitrogen and oxygen atoms in total. The maximum atomic E-state index is 12.8. The molecule has 1 aliphatic rings. The number of nitrogens with one attached hydrogen (secondary N) is 1. The van der Waals surface area contributed by atoms with Gasteiger partial charge in [0.05, 0.1) is 0 Å². The van der Waals surface area contributed by atoms with Gasteiger partial charge in [0.1, 0.15) is 11.9 Å². The van der Waals surface area contributed by atoms with Gasteiger partial charge in [0.15, 0.2) is 0 Å². The van der Waals surface area contributed by atoms with Crippen LogP contribution in [0, 0.1) is 0 Å². The molecule has 0 aliphatic carbocycles. The van der Waals surface area contributed by atoms with E-state index in [1.807, 2.05) is 17.8 Å². The van der Waals surface area contributed by atoms with Crippen LogP contribution in [0.5, 0.6) is 0 Å². The molecular formula is C18H20Cl2N4O2. The first-order valence-electron chi connectivity index (χ1n) is 8.46. The normalized spacial score (nSPS) is 16.7. The second-order valence-electron chi connectivity index (χ2n) is 6.31. The third kappa shape index (κ3) is 4.19. The van der Waals surface area contributed by atoms with Crippen LogP contribution >= 0.6 is 23.2 Å². The van der Waals surface area contributed by atoms with Gasteiger partial charge in [0.25, 0.3) is 5.91 Å². The van der Waals surface area contributed by atoms with Gasteiger partial charge in [-0.1, -0.05) is 23.2 Å². The Bertz CT molecular complexity index is 801. The summed E-state index contributed by atoms with van der Waals surface area (Å²) in [5.74, 6) is 0.535. The molecule has 0 radical (unpaired) electrons. The molecule has 1 fully saturated rings. The molecule has 3 rings (SSSR count). The van der Waals surface area contributed by atoms with Crippen LogP contribution < -0.4 is 5.32 Å². The van der Waals surface area contributed by atoms with Gasteiger partial charge in [-0.05, 0) is 31.0 Å². The third-order valence-corrected chi connectivity index (χ3v) is 4.93. The Kier molecular flexibility index (Phi) is 5.84. The van der Waals surface area contributed by atoms with Crippen molar-refractivity contribution in [2.45, 2.75) is 25.3 Å². The number of hydrogen-bond donors (Lipinski definition) is 1. The zero-order valence-corrected chi connectivity index (χ0v) is 15.9. The van der Waals surface area contributed by atoms with Gasteiger partial charge in [-0.2, -0.15) is 0 Å². The lowest BCUT2D eigenvalue weighted by molar-refractivity contribution is -0.124. The second kappa shape index (κ2) is 8.10. The third-order valence-electron chi connectivity index (χ3n) is 4.49. The summed E-state index contributed by atoms with van der Waals surface area (Å²) in [4.78, 5) is 31.2. The van der Waals surface area contributed by atoms with Crippen molar-refractivity contribution in [1.29, 1.82) is 0 Å². The number of carbonyl (C=O) groups is 2. The summed E-state index contributed by atoms with van der Waals surface area (Å²) >= 11 is 12.0. The molecule has 1 unspecified atom stereocenters. The summed E-state index contributed by atoms with van der Waals surface area (Å²) in [6, 6.07) is 4.25. The average molecular weight is 395 g/mol. The van der Waals surface area contributed by atoms with Crippen LogP contribution in [0.2, 0.25) is 10.0 Å². The van der Waals surface area contributed by atoms with Crippen molar-refractivity contribution >= 4 is 35.0 Å². The van der Waals surface area contributed by atoms with E-state index in [9.17, 15) is 9.59 Å². The number of carbonyl (C=O) groups excluding carboxylic acids is 2. The fourth-order valence-corrected chi connectivity index (χ4v) is 3.70. The minimum Gasteiger partial charge on any atom is -0.354 e. The van der Waals surface area contributed by atoms with Crippen LogP contribution in [-0.4, -0.2) is 45.4 Å². The van der Waals surface area contributed by atoms with E-state index >= 15 is 0 Å². The molecule has 1 aromatic heterocycles. The minimum atomic E-state index is -0.471. The molecule has 1 aliphatic heterocycles. The lowest BCUT2D eigenvalue weighted by Crippen LogP contribution is -2.46. The number of nitrogens with zero attached hydrogens (tertiary/aromatic N) is 3. The van der Waals surface area contributed by atoms with Gasteiger partial charge in [-0.25, -0.2) is 4.98 Å². The number of amides is 2. The van der Waals surface area contributed by atoms with Crippen LogP contribution in [0.4, 0.5) is 0 Å². The number of rotatable bonds is 5. The molecule has 8 heteroatoms. The lowest BCUT2D eigenvalue weighted by atomic mass is 10.1. The van der Waals surface area contributed by atoms with Crippen molar-refractivity contribution < 1.29 is 9.59 Å². The Balaban J connectivity index is 1.62. The summed E-state index contributed by atoms with van der Waals surface area (Å²) < 4.78 is 1.92. The number of halogens is 2. The van der Waals surface area contributed by atoms with Gasteiger partial charge in [-0.3, -0.25) is 9.59 Å². The summed E-state index contributed by atoms with van der Waals surface area (Å²) in [6.45, 7) is 1.02. The van der Waals surface area contributed by atoms with E-state index in [-0.39, 0.29) is 11.8 Å². The van der Waals surface area contributed by atoms with Gasteiger partial charge in [0.2, 0.25) is 5.91 Å². The fraction of sp³-hybridized carbons (Fsp3) is 0.389. The molecule has 1 N–H and O–H groups in total. The zero-order valence-electron chi connectivity index (χ0n) is 14.4. The molecule has 1 aromatic carbocycles. The van der Waals surface area contributed by atoms with Crippen molar-refractivity contribution in [3.63, 3.8) is 0 Å². The van der Waals surface area contributed by atoms with Gasteiger partial charge >= 0.3 is 0 Å². The molecule has 0 saturated carbocycles. The van der Waals surface area contributed by atoms with Gasteiger partial charge in [0, 0.05) is 54.6 Å². The Labute approximate surface area is 162 Å². The first-order valence-corrected chi connectivity index (χ1v) is 9.22. The molecule has 2 heterocycles. The van der Waals surface area contributed by atoms with Crippen molar-refractivity contribution in [2.24, 2.45) is 7.05 Å². The standard InChI is InChI=1S/C18H20Cl2N4O2/c1-23-8-6-21-16(23)4-5-22-17(25)15-3-2-7-24(15)18(26)12-9-13(19)11-14(20)10-12/h6,8-11,15H,2-5,7H2,1H3,(H,22,25). The highest BCUT2D eigenvalue weighted by Crippen LogP contribution is 2.24. The van der Waals surface area contributed by atoms with Crippen molar-refractivity contribution in [3.05, 3.63) is 52.0 Å². The van der Waals surface area contributed by atoms with Crippen molar-refractivity contribution in [3.8, 4) is 0 Å². The smallest absolute Gasteiger partial charge is 0.254 e. The topological polar surface area (TPSA) is 67.2 Å². The Morgan fingerprint density at radius 2 is 2.00 bits per heavy atom. The highest BCUT2D eigenvalue weighted by Gasteiger charge is 2.34. The first kappa shape index (κ1) is 18.7. The minimum absolute atomic E-state index is 0.141. The zero-order chi connectivity index (χ0) is 18.7. The molecule has 2 aromatic rings. The van der Waals surface area contributed by atoms with Crippen LogP contribution in [-0.2, 0) is 18.3 Å². The number of benzene rings is 1. The number of aryl methyl sites for hydroxylation is 1. The van der Waals surface area contributed by atoms with E-state index in [1.165, 1.54) is 0 Å². The number of likely N-dealkylation sites (tertiary alicyclic amines) is 1. The quantitative estimate of drug-likeness (QED) is 0.847. The highest BCUT2D eigenvalue weighted by atomic mass is 35.5. The molecule has 26 heavy (non-hydrogen) atoms. The first-order chi connectivity index (χ1) is 12.5. The molecule has 1 atom stereocenters. The average Bonchev–Trinajstić information content (AvgIpc) is 3.22. The number of hydrogen-bond acceptors (Lipinski definition) is 3. The van der Waals surface area contributed by atoms with Gasteiger partial charge < -0.3 is 14.8 Å². The van der Waals surface area contributed by atoms with E-state index < -0.39 is 6.04 Å². The Morgan fingerprint density at radius 3 is 2.65 bits per heavy atom. The molecule has 0 bridgehead atoms. The highest BCUT2D eigenvalue weighted by molar-refractivity contribution is 6.35. The number of aromatic nitrogens is 2. The molecule has 2 amide bonds. The summed E-state index contributed by atoms with van der Waals surface area (Å²) in [5, 5.41) is 3.71. The largest absolute Gasteiger partial charge is 0.354 e. The summed E-state index contributed by atoms with van der Waals surface area (Å²) in [7, 11) is 1.91. The molecule has 1 saturated heterocycles. The summed E-state index contributed by atoms with van der Waals surface area (Å²) in [5.41, 5.74) is 0.398. The van der Waals surface area contributed by atoms with Crippen molar-refractivity contribution in [1.82, 2.24) is 19.8 Å². The SMILES string of the molecule is Cn1ccnc1CCNC(=O)C1CCCN1C(=O)c1cc(Cl)cc(Cl)c1.